The van der Waals surface area contributed by atoms with Crippen molar-refractivity contribution in [2.75, 3.05) is 5.32 Å². The van der Waals surface area contributed by atoms with Crippen LogP contribution in [0.15, 0.2) is 18.2 Å². The van der Waals surface area contributed by atoms with Crippen LogP contribution in [0.1, 0.15) is 19.8 Å². The van der Waals surface area contributed by atoms with Crippen molar-refractivity contribution in [3.8, 4) is 0 Å². The van der Waals surface area contributed by atoms with Crippen molar-refractivity contribution >= 4 is 17.3 Å². The SMILES string of the molecule is CC(CCC(=O)O)Nc1c(F)cccc1[N+](=O)[O-]. The minimum atomic E-state index is -0.966. The van der Waals surface area contributed by atoms with Gasteiger partial charge >= 0.3 is 5.97 Å². The zero-order valence-corrected chi connectivity index (χ0v) is 9.72. The van der Waals surface area contributed by atoms with Gasteiger partial charge in [-0.05, 0) is 19.4 Å². The third-order valence-electron chi connectivity index (χ3n) is 2.37. The number of aliphatic carboxylic acids is 1. The molecule has 0 fully saturated rings. The van der Waals surface area contributed by atoms with Crippen molar-refractivity contribution in [1.82, 2.24) is 0 Å². The molecule has 18 heavy (non-hydrogen) atoms. The predicted molar refractivity (Wildman–Crippen MR) is 63.0 cm³/mol. The van der Waals surface area contributed by atoms with Gasteiger partial charge in [0.05, 0.1) is 4.92 Å². The number of nitrogens with one attached hydrogen (secondary N) is 1. The molecular weight excluding hydrogens is 243 g/mol. The molecule has 0 saturated heterocycles. The van der Waals surface area contributed by atoms with E-state index in [0.717, 1.165) is 6.07 Å². The molecule has 1 atom stereocenters. The second-order valence-corrected chi connectivity index (χ2v) is 3.87. The highest BCUT2D eigenvalue weighted by Crippen LogP contribution is 2.28. The molecule has 0 spiro atoms. The highest BCUT2D eigenvalue weighted by atomic mass is 19.1. The number of rotatable bonds is 6. The van der Waals surface area contributed by atoms with Gasteiger partial charge in [-0.25, -0.2) is 4.39 Å². The fourth-order valence-electron chi connectivity index (χ4n) is 1.47. The van der Waals surface area contributed by atoms with E-state index in [0.29, 0.717) is 0 Å². The lowest BCUT2D eigenvalue weighted by Crippen LogP contribution is -2.18. The molecule has 0 aromatic heterocycles. The Hall–Kier alpha value is -2.18. The molecule has 1 rings (SSSR count). The molecule has 7 heteroatoms. The molecule has 0 bridgehead atoms. The molecule has 0 aliphatic carbocycles. The molecular formula is C11H13FN2O4. The number of halogens is 1. The van der Waals surface area contributed by atoms with Gasteiger partial charge in [0.25, 0.3) is 5.69 Å². The zero-order chi connectivity index (χ0) is 13.7. The molecule has 6 nitrogen and oxygen atoms in total. The van der Waals surface area contributed by atoms with Gasteiger partial charge in [0.2, 0.25) is 0 Å². The number of para-hydroxylation sites is 1. The summed E-state index contributed by atoms with van der Waals surface area (Å²) in [5.41, 5.74) is -0.572. The summed E-state index contributed by atoms with van der Waals surface area (Å²) in [5.74, 6) is -1.70. The van der Waals surface area contributed by atoms with E-state index in [4.69, 9.17) is 5.11 Å². The fourth-order valence-corrected chi connectivity index (χ4v) is 1.47. The van der Waals surface area contributed by atoms with E-state index in [1.165, 1.54) is 12.1 Å². The first-order valence-corrected chi connectivity index (χ1v) is 5.33. The molecule has 2 N–H and O–H groups in total. The highest BCUT2D eigenvalue weighted by molar-refractivity contribution is 5.67. The molecule has 0 saturated carbocycles. The predicted octanol–water partition coefficient (Wildman–Crippen LogP) is 2.40. The molecule has 0 radical (unpaired) electrons. The van der Waals surface area contributed by atoms with Crippen molar-refractivity contribution in [2.24, 2.45) is 0 Å². The number of carbonyl (C=O) groups is 1. The van der Waals surface area contributed by atoms with Crippen molar-refractivity contribution in [3.05, 3.63) is 34.1 Å². The van der Waals surface area contributed by atoms with Gasteiger partial charge in [-0.2, -0.15) is 0 Å². The number of carboxylic acid groups (broad SMARTS) is 1. The van der Waals surface area contributed by atoms with Crippen LogP contribution in [-0.2, 0) is 4.79 Å². The van der Waals surface area contributed by atoms with E-state index in [1.807, 2.05) is 0 Å². The first kappa shape index (κ1) is 13.9. The molecule has 1 aromatic carbocycles. The molecule has 0 heterocycles. The molecule has 0 aliphatic heterocycles. The monoisotopic (exact) mass is 256 g/mol. The average Bonchev–Trinajstić information content (AvgIpc) is 2.28. The summed E-state index contributed by atoms with van der Waals surface area (Å²) in [6.45, 7) is 1.64. The quantitative estimate of drug-likeness (QED) is 0.602. The third kappa shape index (κ3) is 3.69. The Morgan fingerprint density at radius 2 is 2.28 bits per heavy atom. The zero-order valence-electron chi connectivity index (χ0n) is 9.72. The van der Waals surface area contributed by atoms with Gasteiger partial charge in [-0.3, -0.25) is 14.9 Å². The Labute approximate surface area is 103 Å². The first-order chi connectivity index (χ1) is 8.41. The average molecular weight is 256 g/mol. The van der Waals surface area contributed by atoms with Crippen LogP contribution in [0.5, 0.6) is 0 Å². The van der Waals surface area contributed by atoms with Gasteiger partial charge in [0, 0.05) is 18.5 Å². The number of nitro groups is 1. The van der Waals surface area contributed by atoms with Crippen LogP contribution in [0.4, 0.5) is 15.8 Å². The highest BCUT2D eigenvalue weighted by Gasteiger charge is 2.19. The lowest BCUT2D eigenvalue weighted by Gasteiger charge is -2.14. The maximum Gasteiger partial charge on any atom is 0.303 e. The van der Waals surface area contributed by atoms with E-state index < -0.39 is 16.7 Å². The summed E-state index contributed by atoms with van der Waals surface area (Å²) in [4.78, 5) is 20.4. The number of nitro benzene ring substituents is 1. The largest absolute Gasteiger partial charge is 0.481 e. The maximum atomic E-state index is 13.5. The number of anilines is 1. The Balaban J connectivity index is 2.83. The van der Waals surface area contributed by atoms with Crippen molar-refractivity contribution in [1.29, 1.82) is 0 Å². The van der Waals surface area contributed by atoms with Crippen LogP contribution < -0.4 is 5.32 Å². The number of hydrogen-bond acceptors (Lipinski definition) is 4. The van der Waals surface area contributed by atoms with E-state index in [1.54, 1.807) is 6.92 Å². The van der Waals surface area contributed by atoms with Gasteiger partial charge in [-0.1, -0.05) is 6.07 Å². The lowest BCUT2D eigenvalue weighted by atomic mass is 10.1. The standard InChI is InChI=1S/C11H13FN2O4/c1-7(5-6-10(15)16)13-11-8(12)3-2-4-9(11)14(17)18/h2-4,7,13H,5-6H2,1H3,(H,15,16). The maximum absolute atomic E-state index is 13.5. The second-order valence-electron chi connectivity index (χ2n) is 3.87. The second kappa shape index (κ2) is 5.95. The minimum Gasteiger partial charge on any atom is -0.481 e. The molecule has 0 aliphatic rings. The summed E-state index contributed by atoms with van der Waals surface area (Å²) < 4.78 is 13.5. The summed E-state index contributed by atoms with van der Waals surface area (Å²) in [6.07, 6.45) is 0.164. The number of carboxylic acids is 1. The number of benzene rings is 1. The molecule has 1 unspecified atom stereocenters. The van der Waals surface area contributed by atoms with Gasteiger partial charge < -0.3 is 10.4 Å². The van der Waals surface area contributed by atoms with Gasteiger partial charge in [-0.15, -0.1) is 0 Å². The Kier molecular flexibility index (Phi) is 4.59. The Morgan fingerprint density at radius 3 is 2.83 bits per heavy atom. The minimum absolute atomic E-state index is 0.0869. The first-order valence-electron chi connectivity index (χ1n) is 5.33. The van der Waals surface area contributed by atoms with Crippen LogP contribution in [0.3, 0.4) is 0 Å². The molecule has 1 aromatic rings. The Bertz CT molecular complexity index is 464. The van der Waals surface area contributed by atoms with Crippen LogP contribution >= 0.6 is 0 Å². The van der Waals surface area contributed by atoms with E-state index in [-0.39, 0.29) is 30.3 Å². The lowest BCUT2D eigenvalue weighted by molar-refractivity contribution is -0.384. The van der Waals surface area contributed by atoms with E-state index >= 15 is 0 Å². The fraction of sp³-hybridized carbons (Fsp3) is 0.364. The topological polar surface area (TPSA) is 92.5 Å². The normalized spacial score (nSPS) is 11.9. The molecule has 98 valence electrons. The summed E-state index contributed by atoms with van der Waals surface area (Å²) in [7, 11) is 0. The van der Waals surface area contributed by atoms with Crippen molar-refractivity contribution in [2.45, 2.75) is 25.8 Å². The molecule has 0 amide bonds. The van der Waals surface area contributed by atoms with Gasteiger partial charge in [0.15, 0.2) is 5.82 Å². The Morgan fingerprint density at radius 1 is 1.61 bits per heavy atom. The van der Waals surface area contributed by atoms with Crippen molar-refractivity contribution < 1.29 is 19.2 Å². The summed E-state index contributed by atoms with van der Waals surface area (Å²) >= 11 is 0. The van der Waals surface area contributed by atoms with E-state index in [2.05, 4.69) is 5.32 Å². The van der Waals surface area contributed by atoms with Crippen LogP contribution in [0.25, 0.3) is 0 Å². The van der Waals surface area contributed by atoms with Gasteiger partial charge in [0.1, 0.15) is 5.69 Å². The van der Waals surface area contributed by atoms with Crippen LogP contribution in [0.2, 0.25) is 0 Å². The number of nitrogens with zero attached hydrogens (tertiary/aromatic N) is 1. The van der Waals surface area contributed by atoms with Crippen LogP contribution in [-0.4, -0.2) is 22.0 Å². The third-order valence-corrected chi connectivity index (χ3v) is 2.37. The van der Waals surface area contributed by atoms with E-state index in [9.17, 15) is 19.3 Å². The summed E-state index contributed by atoms with van der Waals surface area (Å²) in [5, 5.41) is 21.9. The smallest absolute Gasteiger partial charge is 0.303 e. The number of hydrogen-bond donors (Lipinski definition) is 2. The van der Waals surface area contributed by atoms with Crippen molar-refractivity contribution in [3.63, 3.8) is 0 Å². The van der Waals surface area contributed by atoms with Crippen LogP contribution in [0, 0.1) is 15.9 Å². The summed E-state index contributed by atoms with van der Waals surface area (Å²) in [6, 6.07) is 3.17.